The Morgan fingerprint density at radius 2 is 1.50 bits per heavy atom. The fourth-order valence-electron chi connectivity index (χ4n) is 0.421. The van der Waals surface area contributed by atoms with Crippen LogP contribution in [0.4, 0.5) is 0 Å². The molecule has 0 aliphatic heterocycles. The molecule has 0 atom stereocenters. The van der Waals surface area contributed by atoms with Gasteiger partial charge in [0.05, 0.1) is 0 Å². The number of hydrogen-bond acceptors (Lipinski definition) is 0. The van der Waals surface area contributed by atoms with E-state index in [1.807, 2.05) is 13.8 Å². The first kappa shape index (κ1) is 8.69. The fraction of sp³-hybridized carbons (Fsp3) is 0.333. The van der Waals surface area contributed by atoms with E-state index in [0.717, 1.165) is 0 Å². The molecule has 0 radical (unpaired) electrons. The second-order valence-corrected chi connectivity index (χ2v) is 16.4. The molecule has 0 N–H and O–H groups in total. The van der Waals surface area contributed by atoms with Gasteiger partial charge in [0, 0.05) is 0 Å². The molecule has 0 rings (SSSR count). The van der Waals surface area contributed by atoms with Gasteiger partial charge in [-0.1, -0.05) is 0 Å². The van der Waals surface area contributed by atoms with Gasteiger partial charge in [0.2, 0.25) is 0 Å². The molecule has 0 saturated carbocycles. The predicted molar refractivity (Wildman–Crippen MR) is 41.2 cm³/mol. The Hall–Kier alpha value is 0.692. The Labute approximate surface area is 62.8 Å². The summed E-state index contributed by atoms with van der Waals surface area (Å²) in [5.74, 6) is 0. The van der Waals surface area contributed by atoms with Crippen molar-refractivity contribution in [2.75, 3.05) is 0 Å². The molecule has 2 heteroatoms. The predicted octanol–water partition coefficient (Wildman–Crippen LogP) is 2.45. The zero-order chi connectivity index (χ0) is 6.73. The Kier molecular flexibility index (Phi) is 3.98. The normalized spacial score (nSPS) is 8.38. The van der Waals surface area contributed by atoms with Gasteiger partial charge in [-0.25, -0.2) is 0 Å². The zero-order valence-electron chi connectivity index (χ0n) is 5.37. The van der Waals surface area contributed by atoms with E-state index >= 15 is 0 Å². The second kappa shape index (κ2) is 3.67. The average molecular weight is 322 g/mol. The molecule has 8 heavy (non-hydrogen) atoms. The van der Waals surface area contributed by atoms with Crippen LogP contribution in [0, 0.1) is 0 Å². The molecule has 0 nitrogen and oxygen atoms in total. The van der Waals surface area contributed by atoms with Gasteiger partial charge in [-0.15, -0.1) is 0 Å². The molecule has 44 valence electrons. The Balaban J connectivity index is 3.83. The summed E-state index contributed by atoms with van der Waals surface area (Å²) in [4.78, 5) is 0. The van der Waals surface area contributed by atoms with Gasteiger partial charge in [-0.2, -0.15) is 0 Å². The van der Waals surface area contributed by atoms with Crippen LogP contribution >= 0.6 is 8.32 Å². The van der Waals surface area contributed by atoms with Crippen molar-refractivity contribution in [1.82, 2.24) is 0 Å². The quantitative estimate of drug-likeness (QED) is 0.685. The number of rotatable bonds is 2. The number of allylic oxidation sites excluding steroid dienone is 2. The van der Waals surface area contributed by atoms with Crippen molar-refractivity contribution in [2.24, 2.45) is 0 Å². The van der Waals surface area contributed by atoms with Gasteiger partial charge >= 0.3 is 63.1 Å². The zero-order valence-corrected chi connectivity index (χ0v) is 10.6. The fourth-order valence-corrected chi connectivity index (χ4v) is 3.69. The summed E-state index contributed by atoms with van der Waals surface area (Å²) in [6.07, 6.45) is 0. The van der Waals surface area contributed by atoms with E-state index in [9.17, 15) is 0 Å². The number of halogens is 1. The molecule has 0 aromatic carbocycles. The summed E-state index contributed by atoms with van der Waals surface area (Å²) < 4.78 is 2.36. The molecule has 0 aromatic heterocycles. The van der Waals surface area contributed by atoms with E-state index in [-0.39, 0.29) is 0 Å². The Morgan fingerprint density at radius 1 is 1.25 bits per heavy atom. The first-order valence-corrected chi connectivity index (χ1v) is 12.5. The molecule has 0 spiro atoms. The summed E-state index contributed by atoms with van der Waals surface area (Å²) in [5, 5.41) is 0. The molecule has 0 heterocycles. The molecule has 0 aromatic rings. The maximum absolute atomic E-state index is 5.97. The Morgan fingerprint density at radius 3 is 1.50 bits per heavy atom. The topological polar surface area (TPSA) is 0 Å². The van der Waals surface area contributed by atoms with E-state index in [1.54, 1.807) is 0 Å². The summed E-state index contributed by atoms with van der Waals surface area (Å²) in [6, 6.07) is 0. The van der Waals surface area contributed by atoms with Crippen molar-refractivity contribution in [3.63, 3.8) is 0 Å². The molecule has 0 unspecified atom stereocenters. The summed E-state index contributed by atoms with van der Waals surface area (Å²) >= 11 is -2.00. The van der Waals surface area contributed by atoms with E-state index in [0.29, 0.717) is 0 Å². The van der Waals surface area contributed by atoms with Crippen LogP contribution in [0.15, 0.2) is 19.4 Å². The first-order valence-electron chi connectivity index (χ1n) is 2.50. The molecule has 0 fully saturated rings. The average Bonchev–Trinajstić information content (AvgIpc) is 1.64. The van der Waals surface area contributed by atoms with Crippen molar-refractivity contribution >= 4 is 29.8 Å². The van der Waals surface area contributed by atoms with E-state index < -0.39 is 21.5 Å². The van der Waals surface area contributed by atoms with Crippen LogP contribution in [0.25, 0.3) is 0 Å². The maximum atomic E-state index is 5.97. The van der Waals surface area contributed by atoms with E-state index in [1.165, 1.54) is 6.26 Å². The van der Waals surface area contributed by atoms with Crippen LogP contribution in [-0.2, 0) is 0 Å². The molecule has 0 saturated heterocycles. The first-order chi connectivity index (χ1) is 3.55. The van der Waals surface area contributed by atoms with Crippen molar-refractivity contribution in [3.8, 4) is 0 Å². The SMILES string of the molecule is C=[C](C)[Tl]([Cl])[C](=C)C. The summed E-state index contributed by atoms with van der Waals surface area (Å²) in [6.45, 7) is 11.6. The molecule has 0 aliphatic carbocycles. The second-order valence-electron chi connectivity index (χ2n) is 2.06. The third-order valence-corrected chi connectivity index (χ3v) is 14.1. The summed E-state index contributed by atoms with van der Waals surface area (Å²) in [7, 11) is 5.97. The minimum atomic E-state index is -2.00. The molecular weight excluding hydrogens is 312 g/mol. The molecule has 0 bridgehead atoms. The third kappa shape index (κ3) is 2.87. The van der Waals surface area contributed by atoms with Gasteiger partial charge in [0.15, 0.2) is 0 Å². The summed E-state index contributed by atoms with van der Waals surface area (Å²) in [5.41, 5.74) is 0. The molecule has 0 amide bonds. The monoisotopic (exact) mass is 322 g/mol. The van der Waals surface area contributed by atoms with Crippen molar-refractivity contribution in [3.05, 3.63) is 19.4 Å². The van der Waals surface area contributed by atoms with Crippen LogP contribution in [0.2, 0.25) is 0 Å². The number of hydrogen-bond donors (Lipinski definition) is 0. The van der Waals surface area contributed by atoms with Crippen LogP contribution in [-0.4, -0.2) is 21.5 Å². The Bertz CT molecular complexity index is 104. The van der Waals surface area contributed by atoms with Crippen molar-refractivity contribution in [2.45, 2.75) is 13.8 Å². The molecular formula is C6H10ClTl. The van der Waals surface area contributed by atoms with Gasteiger partial charge in [-0.3, -0.25) is 0 Å². The molecule has 0 aliphatic rings. The van der Waals surface area contributed by atoms with Crippen LogP contribution < -0.4 is 0 Å². The standard InChI is InChI=1S/2C3H5.ClH.Tl/c2*1-3-2;;/h2*1H2,2H3;1H;/q;;;+1/p-1. The van der Waals surface area contributed by atoms with Crippen LogP contribution in [0.5, 0.6) is 0 Å². The van der Waals surface area contributed by atoms with Gasteiger partial charge < -0.3 is 0 Å². The van der Waals surface area contributed by atoms with Crippen LogP contribution in [0.3, 0.4) is 0 Å². The van der Waals surface area contributed by atoms with Crippen molar-refractivity contribution in [1.29, 1.82) is 0 Å². The third-order valence-electron chi connectivity index (χ3n) is 0.865. The van der Waals surface area contributed by atoms with E-state index in [2.05, 4.69) is 13.2 Å². The van der Waals surface area contributed by atoms with E-state index in [4.69, 9.17) is 8.32 Å². The van der Waals surface area contributed by atoms with Crippen LogP contribution in [0.1, 0.15) is 13.8 Å². The van der Waals surface area contributed by atoms with Crippen molar-refractivity contribution < 1.29 is 0 Å². The van der Waals surface area contributed by atoms with Gasteiger partial charge in [-0.05, 0) is 0 Å². The van der Waals surface area contributed by atoms with Gasteiger partial charge in [0.25, 0.3) is 0 Å². The van der Waals surface area contributed by atoms with Gasteiger partial charge in [0.1, 0.15) is 0 Å². The minimum absolute atomic E-state index is 1.18.